The molecule has 2 aromatic carbocycles. The maximum Gasteiger partial charge on any atom is 0.269 e. The number of carbonyl (C=O) groups excluding carboxylic acids is 1. The Bertz CT molecular complexity index is 846. The van der Waals surface area contributed by atoms with Gasteiger partial charge in [-0.1, -0.05) is 6.07 Å². The Labute approximate surface area is 163 Å². The number of hydrogen-bond acceptors (Lipinski definition) is 6. The second kappa shape index (κ2) is 8.71. The molecule has 1 heterocycles. The molecular weight excluding hydrogens is 360 g/mol. The molecule has 0 atom stereocenters. The third-order valence-electron chi connectivity index (χ3n) is 4.79. The third-order valence-corrected chi connectivity index (χ3v) is 4.79. The lowest BCUT2D eigenvalue weighted by Gasteiger charge is -2.35. The number of rotatable bonds is 6. The number of nitrogens with zero attached hydrogens (tertiary/aromatic N) is 3. The normalized spacial score (nSPS) is 14.6. The van der Waals surface area contributed by atoms with Gasteiger partial charge < -0.3 is 15.0 Å². The van der Waals surface area contributed by atoms with Gasteiger partial charge in [-0.05, 0) is 36.8 Å². The number of ether oxygens (including phenoxy) is 1. The van der Waals surface area contributed by atoms with Crippen LogP contribution in [0.15, 0.2) is 42.5 Å². The minimum Gasteiger partial charge on any atom is -0.495 e. The van der Waals surface area contributed by atoms with Crippen molar-refractivity contribution in [1.29, 1.82) is 0 Å². The lowest BCUT2D eigenvalue weighted by atomic mass is 10.2. The molecule has 0 unspecified atom stereocenters. The Kier molecular flexibility index (Phi) is 6.10. The van der Waals surface area contributed by atoms with E-state index in [0.29, 0.717) is 18.0 Å². The van der Waals surface area contributed by atoms with Crippen LogP contribution in [-0.2, 0) is 4.79 Å². The molecule has 0 aliphatic carbocycles. The molecule has 0 spiro atoms. The topological polar surface area (TPSA) is 88.0 Å². The van der Waals surface area contributed by atoms with Gasteiger partial charge in [-0.3, -0.25) is 19.8 Å². The number of nitro benzene ring substituents is 1. The molecule has 1 fully saturated rings. The Morgan fingerprint density at radius 3 is 2.43 bits per heavy atom. The summed E-state index contributed by atoms with van der Waals surface area (Å²) in [6.45, 7) is 5.29. The van der Waals surface area contributed by atoms with Crippen LogP contribution in [0.5, 0.6) is 5.75 Å². The number of nitro groups is 1. The summed E-state index contributed by atoms with van der Waals surface area (Å²) in [7, 11) is 1.58. The summed E-state index contributed by atoms with van der Waals surface area (Å²) in [6, 6.07) is 12.2. The first-order valence-electron chi connectivity index (χ1n) is 9.12. The van der Waals surface area contributed by atoms with Gasteiger partial charge in [-0.15, -0.1) is 0 Å². The fourth-order valence-corrected chi connectivity index (χ4v) is 3.26. The largest absolute Gasteiger partial charge is 0.495 e. The number of piperazine rings is 1. The summed E-state index contributed by atoms with van der Waals surface area (Å²) >= 11 is 0. The van der Waals surface area contributed by atoms with E-state index in [1.54, 1.807) is 19.2 Å². The second-order valence-electron chi connectivity index (χ2n) is 6.79. The molecule has 1 aliphatic heterocycles. The van der Waals surface area contributed by atoms with E-state index in [-0.39, 0.29) is 11.6 Å². The van der Waals surface area contributed by atoms with E-state index < -0.39 is 4.92 Å². The van der Waals surface area contributed by atoms with Crippen molar-refractivity contribution in [3.8, 4) is 5.75 Å². The van der Waals surface area contributed by atoms with Gasteiger partial charge in [-0.25, -0.2) is 0 Å². The van der Waals surface area contributed by atoms with Crippen molar-refractivity contribution in [2.45, 2.75) is 6.92 Å². The average Bonchev–Trinajstić information content (AvgIpc) is 2.69. The fourth-order valence-electron chi connectivity index (χ4n) is 3.26. The van der Waals surface area contributed by atoms with Gasteiger partial charge in [0, 0.05) is 44.0 Å². The third kappa shape index (κ3) is 4.77. The smallest absolute Gasteiger partial charge is 0.269 e. The van der Waals surface area contributed by atoms with Gasteiger partial charge in [0.25, 0.3) is 5.69 Å². The van der Waals surface area contributed by atoms with E-state index in [1.165, 1.54) is 12.1 Å². The summed E-state index contributed by atoms with van der Waals surface area (Å²) in [5.74, 6) is 0.564. The van der Waals surface area contributed by atoms with Crippen LogP contribution < -0.4 is 15.0 Å². The lowest BCUT2D eigenvalue weighted by Crippen LogP contribution is -2.48. The van der Waals surface area contributed by atoms with Crippen LogP contribution in [-0.4, -0.2) is 55.6 Å². The van der Waals surface area contributed by atoms with Crippen molar-refractivity contribution in [2.75, 3.05) is 50.1 Å². The Balaban J connectivity index is 1.52. The first-order chi connectivity index (χ1) is 13.5. The number of nitrogens with one attached hydrogen (secondary N) is 1. The quantitative estimate of drug-likeness (QED) is 0.609. The van der Waals surface area contributed by atoms with Gasteiger partial charge in [0.1, 0.15) is 5.75 Å². The highest BCUT2D eigenvalue weighted by atomic mass is 16.6. The molecule has 0 saturated carbocycles. The summed E-state index contributed by atoms with van der Waals surface area (Å²) in [6.07, 6.45) is 0. The number of non-ortho nitro benzene ring substituents is 1. The lowest BCUT2D eigenvalue weighted by molar-refractivity contribution is -0.384. The first kappa shape index (κ1) is 19.6. The van der Waals surface area contributed by atoms with Crippen molar-refractivity contribution >= 4 is 23.0 Å². The number of amides is 1. The number of anilines is 2. The molecule has 148 valence electrons. The highest BCUT2D eigenvalue weighted by Crippen LogP contribution is 2.25. The van der Waals surface area contributed by atoms with Gasteiger partial charge in [0.15, 0.2) is 0 Å². The molecule has 0 radical (unpaired) electrons. The molecule has 1 saturated heterocycles. The van der Waals surface area contributed by atoms with Gasteiger partial charge in [0.05, 0.1) is 24.3 Å². The maximum absolute atomic E-state index is 12.4. The zero-order valence-corrected chi connectivity index (χ0v) is 16.1. The Morgan fingerprint density at radius 1 is 1.14 bits per heavy atom. The predicted molar refractivity (Wildman–Crippen MR) is 108 cm³/mol. The van der Waals surface area contributed by atoms with E-state index in [2.05, 4.69) is 15.1 Å². The van der Waals surface area contributed by atoms with E-state index >= 15 is 0 Å². The van der Waals surface area contributed by atoms with Crippen LogP contribution in [0.1, 0.15) is 5.56 Å². The molecule has 0 aromatic heterocycles. The minimum atomic E-state index is -0.399. The van der Waals surface area contributed by atoms with Crippen molar-refractivity contribution in [1.82, 2.24) is 4.90 Å². The zero-order valence-electron chi connectivity index (χ0n) is 16.1. The molecule has 8 nitrogen and oxygen atoms in total. The number of benzene rings is 2. The molecule has 1 N–H and O–H groups in total. The summed E-state index contributed by atoms with van der Waals surface area (Å²) in [5, 5.41) is 13.7. The van der Waals surface area contributed by atoms with Crippen molar-refractivity contribution in [2.24, 2.45) is 0 Å². The molecule has 1 amide bonds. The van der Waals surface area contributed by atoms with Crippen LogP contribution in [0.25, 0.3) is 0 Å². The monoisotopic (exact) mass is 384 g/mol. The summed E-state index contributed by atoms with van der Waals surface area (Å²) < 4.78 is 5.30. The van der Waals surface area contributed by atoms with Gasteiger partial charge in [-0.2, -0.15) is 0 Å². The zero-order chi connectivity index (χ0) is 20.1. The average molecular weight is 384 g/mol. The Hall–Kier alpha value is -3.13. The van der Waals surface area contributed by atoms with Crippen LogP contribution in [0.4, 0.5) is 17.1 Å². The van der Waals surface area contributed by atoms with Crippen molar-refractivity contribution in [3.63, 3.8) is 0 Å². The summed E-state index contributed by atoms with van der Waals surface area (Å²) in [5.41, 5.74) is 2.77. The van der Waals surface area contributed by atoms with E-state index in [9.17, 15) is 14.9 Å². The molecular formula is C20H24N4O4. The molecule has 8 heteroatoms. The number of methoxy groups -OCH3 is 1. The summed E-state index contributed by atoms with van der Waals surface area (Å²) in [4.78, 5) is 27.1. The van der Waals surface area contributed by atoms with E-state index in [0.717, 1.165) is 37.4 Å². The molecule has 28 heavy (non-hydrogen) atoms. The van der Waals surface area contributed by atoms with Gasteiger partial charge in [0.2, 0.25) is 5.91 Å². The van der Waals surface area contributed by atoms with Crippen LogP contribution in [0, 0.1) is 17.0 Å². The molecule has 3 rings (SSSR count). The minimum absolute atomic E-state index is 0.0762. The number of aryl methyl sites for hydroxylation is 1. The second-order valence-corrected chi connectivity index (χ2v) is 6.79. The van der Waals surface area contributed by atoms with E-state index in [4.69, 9.17) is 4.74 Å². The van der Waals surface area contributed by atoms with E-state index in [1.807, 2.05) is 25.1 Å². The fraction of sp³-hybridized carbons (Fsp3) is 0.350. The molecule has 2 aromatic rings. The molecule has 1 aliphatic rings. The van der Waals surface area contributed by atoms with Crippen LogP contribution >= 0.6 is 0 Å². The van der Waals surface area contributed by atoms with Crippen LogP contribution in [0.3, 0.4) is 0 Å². The SMILES string of the molecule is COc1ccc(C)cc1NC(=O)CN1CCN(c2ccc([N+](=O)[O-])cc2)CC1. The number of carbonyl (C=O) groups is 1. The van der Waals surface area contributed by atoms with Crippen molar-refractivity contribution < 1.29 is 14.5 Å². The highest BCUT2D eigenvalue weighted by Gasteiger charge is 2.20. The van der Waals surface area contributed by atoms with Gasteiger partial charge >= 0.3 is 0 Å². The standard InChI is InChI=1S/C20H24N4O4/c1-15-3-8-19(28-2)18(13-15)21-20(25)14-22-9-11-23(12-10-22)16-4-6-17(7-5-16)24(26)27/h3-8,13H,9-12,14H2,1-2H3,(H,21,25). The first-order valence-corrected chi connectivity index (χ1v) is 9.12. The molecule has 0 bridgehead atoms. The Morgan fingerprint density at radius 2 is 1.82 bits per heavy atom. The van der Waals surface area contributed by atoms with Crippen LogP contribution in [0.2, 0.25) is 0 Å². The maximum atomic E-state index is 12.4. The predicted octanol–water partition coefficient (Wildman–Crippen LogP) is 2.67. The van der Waals surface area contributed by atoms with Crippen molar-refractivity contribution in [3.05, 3.63) is 58.1 Å². The highest BCUT2D eigenvalue weighted by molar-refractivity contribution is 5.93. The number of hydrogen-bond donors (Lipinski definition) is 1.